The van der Waals surface area contributed by atoms with E-state index in [1.165, 1.54) is 0 Å². The summed E-state index contributed by atoms with van der Waals surface area (Å²) in [5.74, 6) is 0. The van der Waals surface area contributed by atoms with Crippen molar-refractivity contribution in [2.45, 2.75) is 0 Å². The molecule has 1 N–H and O–H groups in total. The van der Waals surface area contributed by atoms with Gasteiger partial charge in [0.25, 0.3) is 0 Å². The third kappa shape index (κ3) is 8.86. The average Bonchev–Trinajstić information content (AvgIpc) is 0. The standard InChI is InChI=1S/Al.Ca.Fe.H2O.4H/h;;;1H2;;;;/q;+1;;;;;;/p-1. The van der Waals surface area contributed by atoms with Crippen LogP contribution in [0.15, 0.2) is 0 Å². The van der Waals surface area contributed by atoms with Crippen LogP contribution in [0.5, 0.6) is 0 Å². The molecule has 24 valence electrons. The van der Waals surface area contributed by atoms with Crippen molar-refractivity contribution < 1.29 is 22.5 Å². The van der Waals surface area contributed by atoms with Crippen LogP contribution in [0.1, 0.15) is 0 Å². The maximum atomic E-state index is 0. The van der Waals surface area contributed by atoms with Crippen LogP contribution in [0.4, 0.5) is 0 Å². The van der Waals surface area contributed by atoms with E-state index in [2.05, 4.69) is 0 Å². The first-order chi connectivity index (χ1) is 0. The van der Waals surface area contributed by atoms with Gasteiger partial charge >= 0.3 is 37.7 Å². The monoisotopic (exact) mass is 144 g/mol. The summed E-state index contributed by atoms with van der Waals surface area (Å²) in [7, 11) is 0. The van der Waals surface area contributed by atoms with Crippen molar-refractivity contribution in [3.63, 3.8) is 0 Å². The molecule has 1 nitrogen and oxygen atoms in total. The molecule has 0 amide bonds. The first-order valence-corrected chi connectivity index (χ1v) is 0. The minimum atomic E-state index is 0. The Labute approximate surface area is 76.4 Å². The van der Waals surface area contributed by atoms with Gasteiger partial charge in [0.15, 0.2) is 17.4 Å². The van der Waals surface area contributed by atoms with Gasteiger partial charge in [0, 0.05) is 17.1 Å². The predicted octanol–water partition coefficient (Wildman–Crippen LogP) is -2.01. The van der Waals surface area contributed by atoms with Crippen molar-refractivity contribution in [2.24, 2.45) is 0 Å². The number of rotatable bonds is 0. The van der Waals surface area contributed by atoms with E-state index in [1.54, 1.807) is 0 Å². The van der Waals surface area contributed by atoms with Crippen LogP contribution in [-0.4, -0.2) is 60.6 Å². The van der Waals surface area contributed by atoms with Gasteiger partial charge in [-0.05, 0) is 0 Å². The topological polar surface area (TPSA) is 30.0 Å². The Morgan fingerprint density at radius 1 is 1.00 bits per heavy atom. The van der Waals surface area contributed by atoms with Crippen molar-refractivity contribution in [1.29, 1.82) is 0 Å². The molecule has 4 heavy (non-hydrogen) atoms. The number of hydrogen-bond donors (Lipinski definition) is 0. The molecule has 0 unspecified atom stereocenters. The molecule has 0 saturated heterocycles. The van der Waals surface area contributed by atoms with E-state index in [-0.39, 0.29) is 77.6 Å². The van der Waals surface area contributed by atoms with Gasteiger partial charge in [-0.3, -0.25) is 0 Å². The zero-order chi connectivity index (χ0) is 0. The van der Waals surface area contributed by atoms with Crippen molar-refractivity contribution in [2.75, 3.05) is 0 Å². The average molecular weight is 144 g/mol. The fourth-order valence-corrected chi connectivity index (χ4v) is 0. The molecule has 0 radical (unpaired) electrons. The molecule has 0 aromatic heterocycles. The molecule has 0 aliphatic carbocycles. The van der Waals surface area contributed by atoms with E-state index in [1.807, 2.05) is 0 Å². The van der Waals surface area contributed by atoms with Gasteiger partial charge in [-0.1, -0.05) is 0 Å². The van der Waals surface area contributed by atoms with E-state index in [0.29, 0.717) is 0 Å². The summed E-state index contributed by atoms with van der Waals surface area (Å²) >= 11 is 0. The van der Waals surface area contributed by atoms with Gasteiger partial charge in [-0.15, -0.1) is 0 Å². The second kappa shape index (κ2) is 18.6. The van der Waals surface area contributed by atoms with Crippen molar-refractivity contribution in [1.82, 2.24) is 0 Å². The SMILES string of the molecule is [AlH3].[CaH+].[Fe].[OH-]. The summed E-state index contributed by atoms with van der Waals surface area (Å²) < 4.78 is 0. The first kappa shape index (κ1) is 33.8. The van der Waals surface area contributed by atoms with Gasteiger partial charge in [-0.2, -0.15) is 0 Å². The summed E-state index contributed by atoms with van der Waals surface area (Å²) in [6.45, 7) is 0. The van der Waals surface area contributed by atoms with E-state index in [4.69, 9.17) is 0 Å². The maximum Gasteiger partial charge on any atom is 0 e. The molecule has 0 rings (SSSR count). The maximum absolute atomic E-state index is 0. The largest absolute Gasteiger partial charge is 0.870 e. The van der Waals surface area contributed by atoms with Crippen molar-refractivity contribution in [3.8, 4) is 0 Å². The fourth-order valence-electron chi connectivity index (χ4n) is 0. The van der Waals surface area contributed by atoms with Gasteiger partial charge in [0.05, 0.1) is 0 Å². The molecule has 0 atom stereocenters. The smallest absolute Gasteiger partial charge is 0 e. The second-order valence-corrected chi connectivity index (χ2v) is 0. The summed E-state index contributed by atoms with van der Waals surface area (Å²) in [5.41, 5.74) is 0. The molecule has 0 aromatic rings. The van der Waals surface area contributed by atoms with Gasteiger partial charge in [0.1, 0.15) is 0 Å². The molecule has 0 aromatic carbocycles. The second-order valence-electron chi connectivity index (χ2n) is 0. The van der Waals surface area contributed by atoms with Crippen molar-refractivity contribution in [3.05, 3.63) is 0 Å². The Kier molecular flexibility index (Phi) is 157. The third-order valence-electron chi connectivity index (χ3n) is 0. The Hall–Kier alpha value is 2.27. The zero-order valence-corrected chi connectivity index (χ0v) is 6.03. The Balaban J connectivity index is 0. The van der Waals surface area contributed by atoms with Crippen LogP contribution in [0.25, 0.3) is 0 Å². The first-order valence-electron chi connectivity index (χ1n) is 0. The van der Waals surface area contributed by atoms with E-state index in [0.717, 1.165) is 0 Å². The van der Waals surface area contributed by atoms with Gasteiger partial charge < -0.3 is 5.48 Å². The van der Waals surface area contributed by atoms with Crippen LogP contribution in [0, 0.1) is 0 Å². The normalized spacial score (nSPS) is 0. The van der Waals surface area contributed by atoms with Crippen LogP contribution in [0.2, 0.25) is 0 Å². The summed E-state index contributed by atoms with van der Waals surface area (Å²) in [5, 5.41) is 0. The molecule has 0 fully saturated rings. The molecule has 4 heteroatoms. The Morgan fingerprint density at radius 2 is 1.00 bits per heavy atom. The van der Waals surface area contributed by atoms with E-state index >= 15 is 0 Å². The molecule has 0 aliphatic heterocycles. The molecule has 0 spiro atoms. The molecular weight excluding hydrogens is 139 g/mol. The zero-order valence-electron chi connectivity index (χ0n) is 1.80. The predicted molar refractivity (Wildman–Crippen MR) is 19.0 cm³/mol. The van der Waals surface area contributed by atoms with E-state index < -0.39 is 0 Å². The van der Waals surface area contributed by atoms with E-state index in [9.17, 15) is 0 Å². The Morgan fingerprint density at radius 3 is 1.00 bits per heavy atom. The van der Waals surface area contributed by atoms with Gasteiger partial charge in [0.2, 0.25) is 0 Å². The van der Waals surface area contributed by atoms with Gasteiger partial charge in [-0.25, -0.2) is 0 Å². The quantitative estimate of drug-likeness (QED) is 0.361. The summed E-state index contributed by atoms with van der Waals surface area (Å²) in [6, 6.07) is 0. The minimum Gasteiger partial charge on any atom is -0.870 e. The fraction of sp³-hybridized carbons (Fsp3) is 0. The van der Waals surface area contributed by atoms with Crippen LogP contribution in [-0.2, 0) is 17.1 Å². The third-order valence-corrected chi connectivity index (χ3v) is 0. The Bertz CT molecular complexity index is 8.00. The molecule has 0 bridgehead atoms. The molecular formula is H5AlCaFeO. The van der Waals surface area contributed by atoms with Crippen LogP contribution in [0.3, 0.4) is 0 Å². The summed E-state index contributed by atoms with van der Waals surface area (Å²) in [4.78, 5) is 0. The molecule has 0 saturated carbocycles. The van der Waals surface area contributed by atoms with Crippen molar-refractivity contribution >= 4 is 55.1 Å². The van der Waals surface area contributed by atoms with Crippen LogP contribution >= 0.6 is 0 Å². The number of hydrogen-bond acceptors (Lipinski definition) is 1. The molecule has 0 heterocycles. The van der Waals surface area contributed by atoms with Crippen LogP contribution < -0.4 is 0 Å². The summed E-state index contributed by atoms with van der Waals surface area (Å²) in [6.07, 6.45) is 0. The minimum absolute atomic E-state index is 0. The molecule has 0 aliphatic rings.